The Morgan fingerprint density at radius 2 is 1.55 bits per heavy atom. The molecule has 0 saturated carbocycles. The lowest BCUT2D eigenvalue weighted by Gasteiger charge is -2.35. The average molecular weight is 450 g/mol. The zero-order valence-corrected chi connectivity index (χ0v) is 18.9. The van der Waals surface area contributed by atoms with Crippen molar-refractivity contribution < 1.29 is 9.18 Å². The molecule has 0 bridgehead atoms. The van der Waals surface area contributed by atoms with Crippen LogP contribution in [-0.2, 0) is 0 Å². The molecule has 1 aliphatic rings. The lowest BCUT2D eigenvalue weighted by Crippen LogP contribution is -2.49. The molecule has 1 amide bonds. The van der Waals surface area contributed by atoms with Gasteiger partial charge >= 0.3 is 0 Å². The van der Waals surface area contributed by atoms with E-state index in [1.54, 1.807) is 6.07 Å². The minimum atomic E-state index is -0.369. The van der Waals surface area contributed by atoms with Crippen LogP contribution in [0.15, 0.2) is 65.5 Å². The van der Waals surface area contributed by atoms with Crippen LogP contribution < -0.4 is 15.4 Å². The highest BCUT2D eigenvalue weighted by molar-refractivity contribution is 5.94. The minimum Gasteiger partial charge on any atom is -0.372 e. The Labute approximate surface area is 192 Å². The molecule has 1 aromatic heterocycles. The number of anilines is 2. The molecule has 172 valence electrons. The Hall–Kier alpha value is -3.68. The lowest BCUT2D eigenvalue weighted by molar-refractivity contribution is 0.0746. The number of nitrogens with zero attached hydrogens (tertiary/aromatic N) is 5. The van der Waals surface area contributed by atoms with Gasteiger partial charge in [-0.2, -0.15) is 4.68 Å². The Kier molecular flexibility index (Phi) is 6.72. The number of carbonyl (C=O) groups is 1. The molecule has 4 rings (SSSR count). The number of hydrogen-bond donors (Lipinski definition) is 0. The largest absolute Gasteiger partial charge is 0.372 e. The molecule has 8 heteroatoms. The second kappa shape index (κ2) is 9.85. The number of aromatic nitrogens is 2. The Balaban J connectivity index is 1.43. The van der Waals surface area contributed by atoms with E-state index in [4.69, 9.17) is 0 Å². The first kappa shape index (κ1) is 22.5. The molecule has 3 aromatic rings. The van der Waals surface area contributed by atoms with Crippen LogP contribution in [0.25, 0.3) is 5.69 Å². The molecule has 1 aliphatic heterocycles. The predicted octanol–water partition coefficient (Wildman–Crippen LogP) is 3.18. The van der Waals surface area contributed by atoms with Gasteiger partial charge in [-0.3, -0.25) is 9.59 Å². The van der Waals surface area contributed by atoms with Gasteiger partial charge in [-0.25, -0.2) is 4.39 Å². The van der Waals surface area contributed by atoms with Crippen LogP contribution in [0.5, 0.6) is 0 Å². The summed E-state index contributed by atoms with van der Waals surface area (Å²) in [5.74, 6) is 0.297. The van der Waals surface area contributed by atoms with Crippen LogP contribution in [0.2, 0.25) is 0 Å². The quantitative estimate of drug-likeness (QED) is 0.579. The number of piperazine rings is 1. The molecule has 1 fully saturated rings. The molecule has 1 saturated heterocycles. The predicted molar refractivity (Wildman–Crippen MR) is 128 cm³/mol. The van der Waals surface area contributed by atoms with E-state index in [1.807, 2.05) is 34.1 Å². The molecule has 0 N–H and O–H groups in total. The van der Waals surface area contributed by atoms with Crippen LogP contribution in [0.3, 0.4) is 0 Å². The highest BCUT2D eigenvalue weighted by Crippen LogP contribution is 2.18. The van der Waals surface area contributed by atoms with Crippen LogP contribution in [0.4, 0.5) is 15.9 Å². The standard InChI is InChI=1S/C25H28FN5O2/c1-3-28(4-2)21-9-5-19(6-10-21)25(33)30-17-15-29(16-18-30)23-13-14-24(32)31(27-23)22-11-7-20(26)8-12-22/h5-14H,3-4,15-18H2,1-2H3. The van der Waals surface area contributed by atoms with Gasteiger partial charge in [-0.15, -0.1) is 5.10 Å². The van der Waals surface area contributed by atoms with E-state index in [-0.39, 0.29) is 17.3 Å². The van der Waals surface area contributed by atoms with Crippen LogP contribution in [-0.4, -0.2) is 59.9 Å². The summed E-state index contributed by atoms with van der Waals surface area (Å²) < 4.78 is 14.5. The first-order chi connectivity index (χ1) is 16.0. The Bertz CT molecular complexity index is 1150. The Morgan fingerprint density at radius 1 is 0.909 bits per heavy atom. The van der Waals surface area contributed by atoms with Gasteiger partial charge < -0.3 is 14.7 Å². The van der Waals surface area contributed by atoms with Crippen molar-refractivity contribution in [3.8, 4) is 5.69 Å². The summed E-state index contributed by atoms with van der Waals surface area (Å²) in [6.45, 7) is 8.42. The van der Waals surface area contributed by atoms with Crippen molar-refractivity contribution in [1.82, 2.24) is 14.7 Å². The molecule has 0 spiro atoms. The number of benzene rings is 2. The second-order valence-electron chi connectivity index (χ2n) is 7.92. The van der Waals surface area contributed by atoms with E-state index in [9.17, 15) is 14.0 Å². The third-order valence-corrected chi connectivity index (χ3v) is 5.99. The van der Waals surface area contributed by atoms with E-state index < -0.39 is 0 Å². The highest BCUT2D eigenvalue weighted by atomic mass is 19.1. The number of carbonyl (C=O) groups excluding carboxylic acids is 1. The average Bonchev–Trinajstić information content (AvgIpc) is 2.86. The van der Waals surface area contributed by atoms with Gasteiger partial charge in [-0.1, -0.05) is 0 Å². The summed E-state index contributed by atoms with van der Waals surface area (Å²) in [4.78, 5) is 31.4. The number of rotatable bonds is 6. The van der Waals surface area contributed by atoms with Crippen molar-refractivity contribution in [2.24, 2.45) is 0 Å². The van der Waals surface area contributed by atoms with E-state index in [2.05, 4.69) is 23.8 Å². The van der Waals surface area contributed by atoms with Gasteiger partial charge in [0.1, 0.15) is 11.6 Å². The summed E-state index contributed by atoms with van der Waals surface area (Å²) in [5, 5.41) is 4.47. The summed E-state index contributed by atoms with van der Waals surface area (Å²) in [5.41, 5.74) is 2.02. The van der Waals surface area contributed by atoms with Crippen molar-refractivity contribution in [2.75, 3.05) is 49.1 Å². The van der Waals surface area contributed by atoms with Crippen LogP contribution in [0.1, 0.15) is 24.2 Å². The summed E-state index contributed by atoms with van der Waals surface area (Å²) in [6.07, 6.45) is 0. The van der Waals surface area contributed by atoms with Crippen molar-refractivity contribution in [3.05, 3.63) is 82.4 Å². The fourth-order valence-corrected chi connectivity index (χ4v) is 4.06. The summed E-state index contributed by atoms with van der Waals surface area (Å²) in [6, 6.07) is 16.6. The maximum absolute atomic E-state index is 13.2. The molecule has 2 aromatic carbocycles. The van der Waals surface area contributed by atoms with Gasteiger partial charge in [0, 0.05) is 56.6 Å². The zero-order valence-electron chi connectivity index (χ0n) is 18.9. The second-order valence-corrected chi connectivity index (χ2v) is 7.92. The van der Waals surface area contributed by atoms with E-state index >= 15 is 0 Å². The van der Waals surface area contributed by atoms with Gasteiger partial charge in [-0.05, 0) is 68.4 Å². The van der Waals surface area contributed by atoms with E-state index in [0.29, 0.717) is 43.2 Å². The molecule has 7 nitrogen and oxygen atoms in total. The summed E-state index contributed by atoms with van der Waals surface area (Å²) in [7, 11) is 0. The summed E-state index contributed by atoms with van der Waals surface area (Å²) >= 11 is 0. The van der Waals surface area contributed by atoms with Crippen LogP contribution in [0, 0.1) is 5.82 Å². The molecule has 0 unspecified atom stereocenters. The smallest absolute Gasteiger partial charge is 0.271 e. The van der Waals surface area contributed by atoms with Crippen LogP contribution >= 0.6 is 0 Å². The zero-order chi connectivity index (χ0) is 23.4. The molecular weight excluding hydrogens is 421 g/mol. The van der Waals surface area contributed by atoms with Gasteiger partial charge in [0.25, 0.3) is 11.5 Å². The van der Waals surface area contributed by atoms with Crippen molar-refractivity contribution >= 4 is 17.4 Å². The van der Waals surface area contributed by atoms with Gasteiger partial charge in [0.2, 0.25) is 0 Å². The number of hydrogen-bond acceptors (Lipinski definition) is 5. The molecule has 33 heavy (non-hydrogen) atoms. The van der Waals surface area contributed by atoms with E-state index in [0.717, 1.165) is 18.8 Å². The topological polar surface area (TPSA) is 61.7 Å². The molecule has 0 atom stereocenters. The van der Waals surface area contributed by atoms with Gasteiger partial charge in [0.15, 0.2) is 0 Å². The lowest BCUT2D eigenvalue weighted by atomic mass is 10.1. The fraction of sp³-hybridized carbons (Fsp3) is 0.320. The van der Waals surface area contributed by atoms with Crippen molar-refractivity contribution in [1.29, 1.82) is 0 Å². The minimum absolute atomic E-state index is 0.0185. The maximum Gasteiger partial charge on any atom is 0.271 e. The number of halogens is 1. The normalized spacial score (nSPS) is 13.8. The third kappa shape index (κ3) is 4.89. The van der Waals surface area contributed by atoms with Crippen molar-refractivity contribution in [3.63, 3.8) is 0 Å². The SMILES string of the molecule is CCN(CC)c1ccc(C(=O)N2CCN(c3ccc(=O)n(-c4ccc(F)cc4)n3)CC2)cc1. The van der Waals surface area contributed by atoms with Crippen molar-refractivity contribution in [2.45, 2.75) is 13.8 Å². The van der Waals surface area contributed by atoms with E-state index in [1.165, 1.54) is 35.0 Å². The third-order valence-electron chi connectivity index (χ3n) is 5.99. The van der Waals surface area contributed by atoms with Gasteiger partial charge in [0.05, 0.1) is 5.69 Å². The molecule has 2 heterocycles. The molecule has 0 aliphatic carbocycles. The monoisotopic (exact) mass is 449 g/mol. The Morgan fingerprint density at radius 3 is 2.15 bits per heavy atom. The highest BCUT2D eigenvalue weighted by Gasteiger charge is 2.23. The molecule has 0 radical (unpaired) electrons. The first-order valence-corrected chi connectivity index (χ1v) is 11.3. The fourth-order valence-electron chi connectivity index (χ4n) is 4.06. The molecular formula is C25H28FN5O2. The number of amides is 1. The first-order valence-electron chi connectivity index (χ1n) is 11.3. The maximum atomic E-state index is 13.2.